The van der Waals surface area contributed by atoms with Crippen LogP contribution in [0, 0.1) is 5.82 Å². The van der Waals surface area contributed by atoms with Crippen molar-refractivity contribution in [1.82, 2.24) is 14.7 Å². The fourth-order valence-corrected chi connectivity index (χ4v) is 3.44. The SMILES string of the molecule is CCn1cc(C2CCN(C(C(=O)O)c3ccccc3F)CC2)cn1. The molecule has 1 aliphatic heterocycles. The van der Waals surface area contributed by atoms with Gasteiger partial charge in [-0.05, 0) is 50.4 Å². The maximum atomic E-state index is 14.0. The van der Waals surface area contributed by atoms with E-state index in [1.807, 2.05) is 22.7 Å². The highest BCUT2D eigenvalue weighted by molar-refractivity contribution is 5.75. The van der Waals surface area contributed by atoms with Gasteiger partial charge in [-0.15, -0.1) is 0 Å². The standard InChI is InChI=1S/C18H22FN3O2/c1-2-22-12-14(11-20-22)13-7-9-21(10-8-13)17(18(23)24)15-5-3-4-6-16(15)19/h3-6,11-13,17H,2,7-10H2,1H3,(H,23,24). The Kier molecular flexibility index (Phi) is 4.94. The number of rotatable bonds is 5. The zero-order chi connectivity index (χ0) is 17.1. The van der Waals surface area contributed by atoms with Gasteiger partial charge < -0.3 is 5.11 Å². The average Bonchev–Trinajstić information content (AvgIpc) is 3.06. The molecule has 1 aliphatic rings. The Hall–Kier alpha value is -2.21. The average molecular weight is 331 g/mol. The van der Waals surface area contributed by atoms with Gasteiger partial charge in [-0.2, -0.15) is 5.10 Å². The molecule has 1 atom stereocenters. The zero-order valence-electron chi connectivity index (χ0n) is 13.7. The van der Waals surface area contributed by atoms with Crippen molar-refractivity contribution in [2.45, 2.75) is 38.3 Å². The minimum Gasteiger partial charge on any atom is -0.480 e. The first-order valence-electron chi connectivity index (χ1n) is 8.33. The van der Waals surface area contributed by atoms with Crippen molar-refractivity contribution in [3.05, 3.63) is 53.6 Å². The number of carbonyl (C=O) groups is 1. The van der Waals surface area contributed by atoms with Crippen LogP contribution in [0.25, 0.3) is 0 Å². The molecule has 128 valence electrons. The molecule has 0 saturated carbocycles. The summed E-state index contributed by atoms with van der Waals surface area (Å²) in [6.07, 6.45) is 5.67. The van der Waals surface area contributed by atoms with Gasteiger partial charge in [0.2, 0.25) is 0 Å². The van der Waals surface area contributed by atoms with Crippen LogP contribution >= 0.6 is 0 Å². The van der Waals surface area contributed by atoms with Crippen LogP contribution in [0.4, 0.5) is 4.39 Å². The highest BCUT2D eigenvalue weighted by Crippen LogP contribution is 2.33. The van der Waals surface area contributed by atoms with E-state index in [-0.39, 0.29) is 5.56 Å². The molecule has 1 saturated heterocycles. The summed E-state index contributed by atoms with van der Waals surface area (Å²) in [5.41, 5.74) is 1.44. The first kappa shape index (κ1) is 16.6. The van der Waals surface area contributed by atoms with Gasteiger partial charge >= 0.3 is 5.97 Å². The number of nitrogens with zero attached hydrogens (tertiary/aromatic N) is 3. The highest BCUT2D eigenvalue weighted by atomic mass is 19.1. The van der Waals surface area contributed by atoms with E-state index in [9.17, 15) is 14.3 Å². The summed E-state index contributed by atoms with van der Waals surface area (Å²) in [4.78, 5) is 13.6. The van der Waals surface area contributed by atoms with Crippen molar-refractivity contribution in [1.29, 1.82) is 0 Å². The molecule has 2 heterocycles. The lowest BCUT2D eigenvalue weighted by molar-refractivity contribution is -0.144. The molecule has 2 aromatic rings. The third kappa shape index (κ3) is 3.33. The third-order valence-corrected chi connectivity index (χ3v) is 4.78. The molecular weight excluding hydrogens is 309 g/mol. The number of halogens is 1. The fraction of sp³-hybridized carbons (Fsp3) is 0.444. The molecule has 0 bridgehead atoms. The van der Waals surface area contributed by atoms with E-state index in [0.717, 1.165) is 19.4 Å². The number of carboxylic acid groups (broad SMARTS) is 1. The summed E-state index contributed by atoms with van der Waals surface area (Å²) in [6, 6.07) is 5.21. The Morgan fingerprint density at radius 1 is 1.38 bits per heavy atom. The summed E-state index contributed by atoms with van der Waals surface area (Å²) in [5.74, 6) is -1.08. The molecule has 3 rings (SSSR count). The van der Waals surface area contributed by atoms with Crippen LogP contribution in [-0.2, 0) is 11.3 Å². The van der Waals surface area contributed by atoms with Crippen molar-refractivity contribution < 1.29 is 14.3 Å². The molecule has 5 nitrogen and oxygen atoms in total. The van der Waals surface area contributed by atoms with E-state index in [4.69, 9.17) is 0 Å². The molecule has 1 fully saturated rings. The lowest BCUT2D eigenvalue weighted by Gasteiger charge is -2.35. The van der Waals surface area contributed by atoms with E-state index in [1.54, 1.807) is 18.2 Å². The summed E-state index contributed by atoms with van der Waals surface area (Å²) in [5, 5.41) is 13.9. The van der Waals surface area contributed by atoms with Crippen molar-refractivity contribution in [3.63, 3.8) is 0 Å². The fourth-order valence-electron chi connectivity index (χ4n) is 3.44. The number of hydrogen-bond donors (Lipinski definition) is 1. The van der Waals surface area contributed by atoms with E-state index >= 15 is 0 Å². The Bertz CT molecular complexity index is 708. The van der Waals surface area contributed by atoms with Crippen molar-refractivity contribution in [2.24, 2.45) is 0 Å². The van der Waals surface area contributed by atoms with Gasteiger partial charge in [-0.3, -0.25) is 14.4 Å². The number of piperidine rings is 1. The molecule has 24 heavy (non-hydrogen) atoms. The monoisotopic (exact) mass is 331 g/mol. The van der Waals surface area contributed by atoms with Crippen molar-refractivity contribution in [2.75, 3.05) is 13.1 Å². The Morgan fingerprint density at radius 3 is 2.67 bits per heavy atom. The number of carboxylic acids is 1. The van der Waals surface area contributed by atoms with Crippen LogP contribution in [0.2, 0.25) is 0 Å². The van der Waals surface area contributed by atoms with Gasteiger partial charge in [0.25, 0.3) is 0 Å². The van der Waals surface area contributed by atoms with Gasteiger partial charge in [0.05, 0.1) is 6.20 Å². The van der Waals surface area contributed by atoms with Crippen LogP contribution in [0.15, 0.2) is 36.7 Å². The molecule has 0 spiro atoms. The zero-order valence-corrected chi connectivity index (χ0v) is 13.7. The predicted octanol–water partition coefficient (Wildman–Crippen LogP) is 3.05. The van der Waals surface area contributed by atoms with Crippen molar-refractivity contribution in [3.8, 4) is 0 Å². The molecule has 0 radical (unpaired) electrons. The van der Waals surface area contributed by atoms with Crippen LogP contribution in [0.1, 0.15) is 42.9 Å². The number of aliphatic carboxylic acids is 1. The predicted molar refractivity (Wildman–Crippen MR) is 88.2 cm³/mol. The van der Waals surface area contributed by atoms with Gasteiger partial charge in [0.15, 0.2) is 0 Å². The molecule has 1 N–H and O–H groups in total. The van der Waals surface area contributed by atoms with E-state index in [0.29, 0.717) is 19.0 Å². The minimum absolute atomic E-state index is 0.238. The quantitative estimate of drug-likeness (QED) is 0.915. The number of benzene rings is 1. The van der Waals surface area contributed by atoms with Crippen molar-refractivity contribution >= 4 is 5.97 Å². The Labute approximate surface area is 140 Å². The number of aromatic nitrogens is 2. The molecule has 0 aliphatic carbocycles. The molecule has 6 heteroatoms. The Balaban J connectivity index is 1.72. The maximum Gasteiger partial charge on any atom is 0.325 e. The normalized spacial score (nSPS) is 17.8. The Morgan fingerprint density at radius 2 is 2.08 bits per heavy atom. The molecular formula is C18H22FN3O2. The molecule has 1 unspecified atom stereocenters. The largest absolute Gasteiger partial charge is 0.480 e. The van der Waals surface area contributed by atoms with Crippen LogP contribution < -0.4 is 0 Å². The van der Waals surface area contributed by atoms with E-state index < -0.39 is 17.8 Å². The number of hydrogen-bond acceptors (Lipinski definition) is 3. The summed E-state index contributed by atoms with van der Waals surface area (Å²) < 4.78 is 15.9. The van der Waals surface area contributed by atoms with Crippen LogP contribution in [0.5, 0.6) is 0 Å². The topological polar surface area (TPSA) is 58.4 Å². The second kappa shape index (κ2) is 7.13. The first-order valence-corrected chi connectivity index (χ1v) is 8.33. The smallest absolute Gasteiger partial charge is 0.325 e. The van der Waals surface area contributed by atoms with E-state index in [1.165, 1.54) is 11.6 Å². The number of likely N-dealkylation sites (tertiary alicyclic amines) is 1. The van der Waals surface area contributed by atoms with Gasteiger partial charge in [0, 0.05) is 18.3 Å². The van der Waals surface area contributed by atoms with Gasteiger partial charge in [-0.1, -0.05) is 18.2 Å². The molecule has 0 amide bonds. The lowest BCUT2D eigenvalue weighted by atomic mass is 9.90. The molecule has 1 aromatic carbocycles. The van der Waals surface area contributed by atoms with Gasteiger partial charge in [-0.25, -0.2) is 4.39 Å². The lowest BCUT2D eigenvalue weighted by Crippen LogP contribution is -2.40. The van der Waals surface area contributed by atoms with Crippen LogP contribution in [0.3, 0.4) is 0 Å². The second-order valence-corrected chi connectivity index (χ2v) is 6.20. The maximum absolute atomic E-state index is 14.0. The first-order chi connectivity index (χ1) is 11.6. The summed E-state index contributed by atoms with van der Waals surface area (Å²) >= 11 is 0. The molecule has 1 aromatic heterocycles. The second-order valence-electron chi connectivity index (χ2n) is 6.20. The van der Waals surface area contributed by atoms with E-state index in [2.05, 4.69) is 11.3 Å². The van der Waals surface area contributed by atoms with Gasteiger partial charge in [0.1, 0.15) is 11.9 Å². The summed E-state index contributed by atoms with van der Waals surface area (Å²) in [6.45, 7) is 4.15. The number of aryl methyl sites for hydroxylation is 1. The third-order valence-electron chi connectivity index (χ3n) is 4.78. The minimum atomic E-state index is -1.00. The highest BCUT2D eigenvalue weighted by Gasteiger charge is 2.33. The summed E-state index contributed by atoms with van der Waals surface area (Å²) in [7, 11) is 0. The van der Waals surface area contributed by atoms with Crippen LogP contribution in [-0.4, -0.2) is 38.8 Å².